The lowest BCUT2D eigenvalue weighted by atomic mass is 10.0. The fourth-order valence-electron chi connectivity index (χ4n) is 10.3. The van der Waals surface area contributed by atoms with Crippen molar-refractivity contribution in [2.45, 2.75) is 341 Å². The van der Waals surface area contributed by atoms with Gasteiger partial charge in [-0.2, -0.15) is 0 Å². The molecule has 0 radical (unpaired) electrons. The molecule has 0 heterocycles. The molecular weight excluding hydrogens is 1020 g/mol. The standard InChI is InChI=1S/C72H135N2O6P/c1-6-8-10-12-14-16-18-20-22-24-26-28-30-32-34-36-38-39-41-43-45-47-49-51-53-55-57-59-61-63-65-71(75)70(69-80-81(77,78)79-68-67-74(3,4)5)73-72(76)66-64-62-60-58-56-54-52-50-48-46-44-42-40-37-35-33-31-29-27-25-23-21-19-17-15-13-11-9-7-2/h9,11,15,17,21,23,27,29,55,57,63,65,70-71,75H,6-8,10,12-14,16,18-20,22,24-26,28,30-54,56,58-62,64,66-69H2,1-5H3,(H-,73,76,77,78)/b11-9-,17-15-,23-21-,29-27-,57-55+,65-63+. The normalized spacial score (nSPS) is 14.1. The molecular formula is C72H135N2O6P. The van der Waals surface area contributed by atoms with Crippen molar-refractivity contribution in [3.63, 3.8) is 0 Å². The Labute approximate surface area is 504 Å². The molecule has 2 N–H and O–H groups in total. The summed E-state index contributed by atoms with van der Waals surface area (Å²) in [5.74, 6) is -0.205. The molecule has 3 atom stereocenters. The van der Waals surface area contributed by atoms with Crippen molar-refractivity contribution in [3.8, 4) is 0 Å². The summed E-state index contributed by atoms with van der Waals surface area (Å²) < 4.78 is 23.4. The predicted molar refractivity (Wildman–Crippen MR) is 353 cm³/mol. The summed E-state index contributed by atoms with van der Waals surface area (Å²) in [4.78, 5) is 25.6. The van der Waals surface area contributed by atoms with E-state index < -0.39 is 26.6 Å². The molecule has 474 valence electrons. The molecule has 0 aromatic heterocycles. The summed E-state index contributed by atoms with van der Waals surface area (Å²) in [6, 6.07) is -0.908. The Morgan fingerprint density at radius 3 is 1.15 bits per heavy atom. The zero-order valence-electron chi connectivity index (χ0n) is 54.2. The highest BCUT2D eigenvalue weighted by molar-refractivity contribution is 7.45. The van der Waals surface area contributed by atoms with E-state index in [2.05, 4.69) is 79.9 Å². The number of aliphatic hydroxyl groups is 1. The number of quaternary nitrogens is 1. The molecule has 0 aliphatic carbocycles. The Kier molecular flexibility index (Phi) is 60.9. The zero-order chi connectivity index (χ0) is 59.1. The van der Waals surface area contributed by atoms with Crippen molar-refractivity contribution in [1.82, 2.24) is 5.32 Å². The van der Waals surface area contributed by atoms with Crippen LogP contribution in [0.2, 0.25) is 0 Å². The highest BCUT2D eigenvalue weighted by atomic mass is 31.2. The van der Waals surface area contributed by atoms with Crippen LogP contribution >= 0.6 is 7.82 Å². The SMILES string of the molecule is CC/C=C\C/C=C\C/C=C\C/C=C\CCCCCCCCCCCCCCCCCCC(=O)NC(COP(=O)([O-])OCC[N+](C)(C)C)C(O)/C=C/CC/C=C/CCCCCCCCCCCCCCCCCCCCCCCCCC. The first-order chi connectivity index (χ1) is 39.5. The summed E-state index contributed by atoms with van der Waals surface area (Å²) in [6.07, 6.45) is 87.4. The van der Waals surface area contributed by atoms with E-state index in [4.69, 9.17) is 9.05 Å². The Morgan fingerprint density at radius 2 is 0.765 bits per heavy atom. The van der Waals surface area contributed by atoms with Crippen molar-refractivity contribution in [3.05, 3.63) is 72.9 Å². The third-order valence-corrected chi connectivity index (χ3v) is 16.6. The van der Waals surface area contributed by atoms with E-state index in [9.17, 15) is 19.4 Å². The van der Waals surface area contributed by atoms with E-state index in [-0.39, 0.29) is 12.5 Å². The lowest BCUT2D eigenvalue weighted by Gasteiger charge is -2.29. The highest BCUT2D eigenvalue weighted by Crippen LogP contribution is 2.38. The maximum Gasteiger partial charge on any atom is 0.268 e. The number of phosphoric ester groups is 1. The fourth-order valence-corrected chi connectivity index (χ4v) is 11.0. The van der Waals surface area contributed by atoms with Gasteiger partial charge in [-0.25, -0.2) is 0 Å². The number of carbonyl (C=O) groups excluding carboxylic acids is 1. The van der Waals surface area contributed by atoms with Gasteiger partial charge in [-0.05, 0) is 70.6 Å². The quantitative estimate of drug-likeness (QED) is 0.0272. The summed E-state index contributed by atoms with van der Waals surface area (Å²) in [5.41, 5.74) is 0. The van der Waals surface area contributed by atoms with Crippen LogP contribution < -0.4 is 10.2 Å². The van der Waals surface area contributed by atoms with Gasteiger partial charge in [0.15, 0.2) is 0 Å². The molecule has 0 fully saturated rings. The second-order valence-corrected chi connectivity index (χ2v) is 26.3. The number of nitrogens with zero attached hydrogens (tertiary/aromatic N) is 1. The lowest BCUT2D eigenvalue weighted by molar-refractivity contribution is -0.870. The number of phosphoric acid groups is 1. The third-order valence-electron chi connectivity index (χ3n) is 15.7. The van der Waals surface area contributed by atoms with Crippen LogP contribution in [0.15, 0.2) is 72.9 Å². The number of nitrogens with one attached hydrogen (secondary N) is 1. The van der Waals surface area contributed by atoms with Gasteiger partial charge in [0, 0.05) is 6.42 Å². The number of likely N-dealkylation sites (N-methyl/N-ethyl adjacent to an activating group) is 1. The molecule has 0 bridgehead atoms. The molecule has 0 spiro atoms. The molecule has 1 amide bonds. The highest BCUT2D eigenvalue weighted by Gasteiger charge is 2.23. The smallest absolute Gasteiger partial charge is 0.268 e. The van der Waals surface area contributed by atoms with Crippen molar-refractivity contribution in [1.29, 1.82) is 0 Å². The summed E-state index contributed by atoms with van der Waals surface area (Å²) in [7, 11) is 1.25. The number of allylic oxidation sites excluding steroid dienone is 11. The van der Waals surface area contributed by atoms with Gasteiger partial charge in [-0.1, -0.05) is 324 Å². The number of carbonyl (C=O) groups is 1. The van der Waals surface area contributed by atoms with E-state index in [1.807, 2.05) is 27.2 Å². The summed E-state index contributed by atoms with van der Waals surface area (Å²) in [6.45, 7) is 4.56. The molecule has 0 aliphatic rings. The molecule has 8 nitrogen and oxygen atoms in total. The van der Waals surface area contributed by atoms with Crippen LogP contribution in [0.4, 0.5) is 0 Å². The summed E-state index contributed by atoms with van der Waals surface area (Å²) in [5, 5.41) is 13.9. The van der Waals surface area contributed by atoms with Crippen LogP contribution in [-0.2, 0) is 18.4 Å². The number of hydrogen-bond donors (Lipinski definition) is 2. The lowest BCUT2D eigenvalue weighted by Crippen LogP contribution is -2.45. The monoisotopic (exact) mass is 1160 g/mol. The maximum atomic E-state index is 13.0. The van der Waals surface area contributed by atoms with E-state index in [0.29, 0.717) is 17.4 Å². The maximum absolute atomic E-state index is 13.0. The number of unbranched alkanes of at least 4 members (excludes halogenated alkanes) is 41. The van der Waals surface area contributed by atoms with Crippen LogP contribution in [0.1, 0.15) is 328 Å². The molecule has 0 aliphatic heterocycles. The van der Waals surface area contributed by atoms with Crippen LogP contribution in [0.5, 0.6) is 0 Å². The van der Waals surface area contributed by atoms with Gasteiger partial charge in [0.25, 0.3) is 7.82 Å². The van der Waals surface area contributed by atoms with Gasteiger partial charge in [0.1, 0.15) is 13.2 Å². The molecule has 0 saturated carbocycles. The third kappa shape index (κ3) is 65.3. The Bertz CT molecular complexity index is 1550. The molecule has 81 heavy (non-hydrogen) atoms. The number of amides is 1. The average molecular weight is 1160 g/mol. The van der Waals surface area contributed by atoms with Gasteiger partial charge < -0.3 is 28.8 Å². The molecule has 9 heteroatoms. The van der Waals surface area contributed by atoms with Gasteiger partial charge in [0.05, 0.1) is 39.9 Å². The van der Waals surface area contributed by atoms with Crippen LogP contribution in [0, 0.1) is 0 Å². The Balaban J connectivity index is 4.10. The number of aliphatic hydroxyl groups excluding tert-OH is 1. The minimum Gasteiger partial charge on any atom is -0.756 e. The van der Waals surface area contributed by atoms with Crippen molar-refractivity contribution in [2.75, 3.05) is 40.9 Å². The molecule has 3 unspecified atom stereocenters. The molecule has 0 saturated heterocycles. The summed E-state index contributed by atoms with van der Waals surface area (Å²) >= 11 is 0. The van der Waals surface area contributed by atoms with E-state index >= 15 is 0 Å². The second kappa shape index (κ2) is 62.5. The largest absolute Gasteiger partial charge is 0.756 e. The zero-order valence-corrected chi connectivity index (χ0v) is 55.1. The van der Waals surface area contributed by atoms with Crippen molar-refractivity contribution < 1.29 is 32.9 Å². The first-order valence-electron chi connectivity index (χ1n) is 34.8. The van der Waals surface area contributed by atoms with Crippen molar-refractivity contribution in [2.24, 2.45) is 0 Å². The Hall–Kier alpha value is -2.06. The van der Waals surface area contributed by atoms with E-state index in [0.717, 1.165) is 64.2 Å². The predicted octanol–water partition coefficient (Wildman–Crippen LogP) is 21.5. The van der Waals surface area contributed by atoms with Gasteiger partial charge in [-0.3, -0.25) is 9.36 Å². The molecule has 0 rings (SSSR count). The van der Waals surface area contributed by atoms with Crippen LogP contribution in [-0.4, -0.2) is 68.5 Å². The second-order valence-electron chi connectivity index (χ2n) is 24.8. The number of hydrogen-bond acceptors (Lipinski definition) is 6. The van der Waals surface area contributed by atoms with Crippen molar-refractivity contribution >= 4 is 13.7 Å². The average Bonchev–Trinajstić information content (AvgIpc) is 3.43. The van der Waals surface area contributed by atoms with E-state index in [1.54, 1.807) is 6.08 Å². The van der Waals surface area contributed by atoms with E-state index in [1.165, 1.54) is 244 Å². The minimum absolute atomic E-state index is 0.00740. The fraction of sp³-hybridized carbons (Fsp3) is 0.819. The van der Waals surface area contributed by atoms with Crippen LogP contribution in [0.25, 0.3) is 0 Å². The first-order valence-corrected chi connectivity index (χ1v) is 36.3. The number of rotatable bonds is 64. The van der Waals surface area contributed by atoms with Gasteiger partial charge >= 0.3 is 0 Å². The topological polar surface area (TPSA) is 108 Å². The minimum atomic E-state index is -4.61. The molecule has 0 aromatic rings. The first kappa shape index (κ1) is 78.9. The van der Waals surface area contributed by atoms with Gasteiger partial charge in [0.2, 0.25) is 5.91 Å². The van der Waals surface area contributed by atoms with Gasteiger partial charge in [-0.15, -0.1) is 0 Å². The Morgan fingerprint density at radius 1 is 0.444 bits per heavy atom. The molecule has 0 aromatic carbocycles. The van der Waals surface area contributed by atoms with Crippen LogP contribution in [0.3, 0.4) is 0 Å².